The van der Waals surface area contributed by atoms with E-state index in [4.69, 9.17) is 30.4 Å². The van der Waals surface area contributed by atoms with Gasteiger partial charge in [-0.2, -0.15) is 54.0 Å². The number of methoxy groups -OCH3 is 2. The molecule has 0 rings (SSSR count). The molecule has 6 N–H and O–H groups in total. The third-order valence-corrected chi connectivity index (χ3v) is 9.02. The number of nitrogens with two attached hydrogens (primary N) is 2. The fourth-order valence-electron chi connectivity index (χ4n) is 5.26. The summed E-state index contributed by atoms with van der Waals surface area (Å²) in [5.74, 6) is -2.68. The lowest BCUT2D eigenvalue weighted by Gasteiger charge is -2.28. The van der Waals surface area contributed by atoms with Crippen LogP contribution in [0.5, 0.6) is 0 Å². The van der Waals surface area contributed by atoms with E-state index < -0.39 is 12.1 Å². The number of ketones is 1. The van der Waals surface area contributed by atoms with Crippen molar-refractivity contribution in [2.45, 2.75) is 104 Å². The normalized spacial score (nSPS) is 11.1. The van der Waals surface area contributed by atoms with Crippen LogP contribution in [0.2, 0.25) is 0 Å². The van der Waals surface area contributed by atoms with Crippen molar-refractivity contribution >= 4 is 101 Å². The first-order valence-electron chi connectivity index (χ1n) is 19.7. The number of amides is 6. The molecule has 0 unspecified atom stereocenters. The van der Waals surface area contributed by atoms with Crippen LogP contribution in [-0.2, 0) is 52.5 Å². The third kappa shape index (κ3) is 36.9. The molecule has 0 saturated carbocycles. The number of alkyl carbamates (subject to hydrolysis) is 1. The van der Waals surface area contributed by atoms with E-state index >= 15 is 0 Å². The zero-order valence-electron chi connectivity index (χ0n) is 36.1. The minimum atomic E-state index is -0.713. The van der Waals surface area contributed by atoms with Gasteiger partial charge in [0, 0.05) is 107 Å². The second kappa shape index (κ2) is 42.8. The Hall–Kier alpha value is -2.92. The largest absolute Gasteiger partial charge is 0.463 e. The summed E-state index contributed by atoms with van der Waals surface area (Å²) in [6.07, 6.45) is 4.56. The fraction of sp³-hybridized carbons (Fsp3) is 0.789. The molecule has 18 nitrogen and oxygen atoms in total. The Bertz CT molecular complexity index is 1150. The number of primary amides is 2. The Labute approximate surface area is 387 Å². The molecule has 0 aliphatic carbocycles. The number of unbranched alkanes of at least 4 members (excludes halogenated alkanes) is 3. The van der Waals surface area contributed by atoms with Crippen LogP contribution < -0.4 is 22.1 Å². The van der Waals surface area contributed by atoms with Gasteiger partial charge in [-0.05, 0) is 32.1 Å². The molecule has 0 radical (unpaired) electrons. The van der Waals surface area contributed by atoms with E-state index in [2.05, 4.69) is 10.6 Å². The molecule has 0 heterocycles. The van der Waals surface area contributed by atoms with Crippen LogP contribution in [0.25, 0.3) is 0 Å². The molecule has 2 atom stereocenters. The maximum absolute atomic E-state index is 13.4. The lowest BCUT2D eigenvalue weighted by molar-refractivity contribution is -0.145. The van der Waals surface area contributed by atoms with Crippen LogP contribution in [0, 0.1) is 11.8 Å². The Kier molecular flexibility index (Phi) is 47.2. The molecule has 0 bridgehead atoms. The third-order valence-electron chi connectivity index (χ3n) is 9.02. The van der Waals surface area contributed by atoms with Crippen molar-refractivity contribution in [1.29, 1.82) is 0 Å². The van der Waals surface area contributed by atoms with Crippen LogP contribution in [0.4, 0.5) is 4.79 Å². The zero-order chi connectivity index (χ0) is 42.1. The number of rotatable bonds is 35. The molecule has 0 aromatic carbocycles. The van der Waals surface area contributed by atoms with Crippen molar-refractivity contribution in [2.24, 2.45) is 23.3 Å². The number of esters is 1. The standard InChI is InChI=1S/C38H68N6O12.4H2S.2H2/c1-29(36(39)50)11-6-5-7-13-31(45)17-21-43(33(47)14-10-15-35(49)55-27-25-53-3)23-24-44(34(48)16-20-42-38(52)56-28-26-54-4)22-18-32(46)41-19-9-8-12-30(2)37(40)51;;;;;;/h29-30H,5-28H2,1-4H3,(H2,39,50)(H2,40,51)(H,41,46)(H,42,52);4*1H2;2*1H/t29-,30-;;;;;;/m0....../s1. The van der Waals surface area contributed by atoms with E-state index in [0.29, 0.717) is 45.1 Å². The highest BCUT2D eigenvalue weighted by Crippen LogP contribution is 2.12. The van der Waals surface area contributed by atoms with Gasteiger partial charge in [-0.15, -0.1) is 0 Å². The van der Waals surface area contributed by atoms with E-state index in [1.807, 2.05) is 0 Å². The smallest absolute Gasteiger partial charge is 0.407 e. The first-order chi connectivity index (χ1) is 26.7. The van der Waals surface area contributed by atoms with Crippen molar-refractivity contribution < 1.29 is 60.2 Å². The molecule has 0 aliphatic rings. The van der Waals surface area contributed by atoms with E-state index in [1.54, 1.807) is 13.8 Å². The highest BCUT2D eigenvalue weighted by Gasteiger charge is 2.21. The Balaban J connectivity index is -0.00000101. The van der Waals surface area contributed by atoms with Gasteiger partial charge in [0.25, 0.3) is 0 Å². The van der Waals surface area contributed by atoms with Gasteiger partial charge >= 0.3 is 12.1 Å². The summed E-state index contributed by atoms with van der Waals surface area (Å²) < 4.78 is 19.8. The molecule has 0 aromatic rings. The number of nitrogens with one attached hydrogen (secondary N) is 2. The summed E-state index contributed by atoms with van der Waals surface area (Å²) >= 11 is 0. The van der Waals surface area contributed by atoms with Crippen molar-refractivity contribution in [1.82, 2.24) is 20.4 Å². The van der Waals surface area contributed by atoms with Crippen LogP contribution in [-0.4, -0.2) is 137 Å². The average Bonchev–Trinajstić information content (AvgIpc) is 3.15. The molecule has 0 spiro atoms. The summed E-state index contributed by atoms with van der Waals surface area (Å²) in [5, 5.41) is 5.32. The molecule has 60 heavy (non-hydrogen) atoms. The summed E-state index contributed by atoms with van der Waals surface area (Å²) in [5.41, 5.74) is 10.6. The van der Waals surface area contributed by atoms with Crippen LogP contribution in [0.15, 0.2) is 0 Å². The van der Waals surface area contributed by atoms with Crippen LogP contribution in [0.1, 0.15) is 107 Å². The van der Waals surface area contributed by atoms with Gasteiger partial charge in [-0.25, -0.2) is 4.79 Å². The van der Waals surface area contributed by atoms with Crippen molar-refractivity contribution in [3.05, 3.63) is 0 Å². The molecule has 6 amide bonds. The SMILES string of the molecule is COCCOC(=O)CCCC(=O)N(CCC(=O)CCCCC[C@H](C)C(N)=O)CCN(CCC(=O)NCCCC[C@H](C)C(N)=O)C(=O)CCNC(=O)OCCOC.S.S.S.S.[HH].[HH]. The van der Waals surface area contributed by atoms with Crippen molar-refractivity contribution in [2.75, 3.05) is 79.9 Å². The lowest BCUT2D eigenvalue weighted by atomic mass is 10.0. The molecule has 0 aliphatic heterocycles. The second-order valence-corrected chi connectivity index (χ2v) is 13.7. The average molecular weight is 941 g/mol. The maximum Gasteiger partial charge on any atom is 0.407 e. The number of hydrogen-bond acceptors (Lipinski definition) is 12. The number of carbonyl (C=O) groups is 8. The van der Waals surface area contributed by atoms with Gasteiger partial charge in [-0.3, -0.25) is 33.6 Å². The van der Waals surface area contributed by atoms with Gasteiger partial charge < -0.3 is 50.8 Å². The Morgan fingerprint density at radius 1 is 0.533 bits per heavy atom. The number of carbonyl (C=O) groups excluding carboxylic acids is 8. The predicted molar refractivity (Wildman–Crippen MR) is 252 cm³/mol. The number of nitrogens with zero attached hydrogens (tertiary/aromatic N) is 2. The molecule has 22 heteroatoms. The zero-order valence-corrected chi connectivity index (χ0v) is 40.1. The molecular formula is C38H80N6O12S4. The molecule has 0 saturated heterocycles. The van der Waals surface area contributed by atoms with E-state index in [0.717, 1.165) is 12.8 Å². The fourth-order valence-corrected chi connectivity index (χ4v) is 5.26. The summed E-state index contributed by atoms with van der Waals surface area (Å²) in [7, 11) is 2.95. The minimum absolute atomic E-state index is 0. The van der Waals surface area contributed by atoms with Gasteiger partial charge in [-0.1, -0.05) is 33.1 Å². The monoisotopic (exact) mass is 940 g/mol. The second-order valence-electron chi connectivity index (χ2n) is 13.7. The van der Waals surface area contributed by atoms with E-state index in [-0.39, 0.29) is 202 Å². The minimum Gasteiger partial charge on any atom is -0.463 e. The Morgan fingerprint density at radius 3 is 1.60 bits per heavy atom. The van der Waals surface area contributed by atoms with E-state index in [9.17, 15) is 38.4 Å². The highest BCUT2D eigenvalue weighted by atomic mass is 32.1. The highest BCUT2D eigenvalue weighted by molar-refractivity contribution is 7.59. The van der Waals surface area contributed by atoms with Gasteiger partial charge in [0.05, 0.1) is 13.2 Å². The molecular weight excluding hydrogens is 861 g/mol. The van der Waals surface area contributed by atoms with Crippen molar-refractivity contribution in [3.8, 4) is 0 Å². The Morgan fingerprint density at radius 2 is 1.05 bits per heavy atom. The molecule has 0 aromatic heterocycles. The van der Waals surface area contributed by atoms with Crippen LogP contribution in [0.3, 0.4) is 0 Å². The molecule has 358 valence electrons. The maximum atomic E-state index is 13.4. The lowest BCUT2D eigenvalue weighted by Crippen LogP contribution is -2.44. The quantitative estimate of drug-likeness (QED) is 0.0529. The summed E-state index contributed by atoms with van der Waals surface area (Å²) in [6.45, 7) is 4.72. The summed E-state index contributed by atoms with van der Waals surface area (Å²) in [4.78, 5) is 102. The first kappa shape index (κ1) is 66.2. The van der Waals surface area contributed by atoms with Crippen LogP contribution >= 0.6 is 54.0 Å². The van der Waals surface area contributed by atoms with Gasteiger partial charge in [0.2, 0.25) is 29.5 Å². The summed E-state index contributed by atoms with van der Waals surface area (Å²) in [6, 6.07) is 0. The number of Topliss-reactive ketones (excluding diaryl/α,β-unsaturated/α-hetero) is 1. The first-order valence-corrected chi connectivity index (χ1v) is 19.7. The molecule has 0 fully saturated rings. The number of hydrogen-bond donors (Lipinski definition) is 4. The van der Waals surface area contributed by atoms with Crippen molar-refractivity contribution in [3.63, 3.8) is 0 Å². The van der Waals surface area contributed by atoms with Gasteiger partial charge in [0.15, 0.2) is 0 Å². The predicted octanol–water partition coefficient (Wildman–Crippen LogP) is 2.54. The van der Waals surface area contributed by atoms with Gasteiger partial charge in [0.1, 0.15) is 19.0 Å². The topological polar surface area (TPSA) is 256 Å². The number of ether oxygens (including phenoxy) is 4. The van der Waals surface area contributed by atoms with E-state index in [1.165, 1.54) is 24.0 Å².